The number of benzene rings is 2. The third-order valence-electron chi connectivity index (χ3n) is 5.77. The van der Waals surface area contributed by atoms with Gasteiger partial charge in [-0.15, -0.1) is 0 Å². The van der Waals surface area contributed by atoms with Crippen LogP contribution in [-0.2, 0) is 11.3 Å². The van der Waals surface area contributed by atoms with Crippen LogP contribution in [0.4, 0.5) is 0 Å². The van der Waals surface area contributed by atoms with Gasteiger partial charge in [0.05, 0.1) is 14.9 Å². The number of carbonyl (C=O) groups excluding carboxylic acids is 1. The largest absolute Gasteiger partial charge is 0.492 e. The summed E-state index contributed by atoms with van der Waals surface area (Å²) >= 11 is 0. The van der Waals surface area contributed by atoms with Crippen LogP contribution in [0.15, 0.2) is 71.3 Å². The molecule has 0 saturated carbocycles. The Morgan fingerprint density at radius 3 is 2.53 bits per heavy atom. The molecule has 4 rings (SSSR count). The monoisotopic (exact) mass is 464 g/mol. The first-order chi connectivity index (χ1) is 17.2. The van der Waals surface area contributed by atoms with E-state index in [0.29, 0.717) is 36.7 Å². The number of aliphatic carboxylic acids is 1. The Morgan fingerprint density at radius 2 is 1.88 bits per heavy atom. The molecule has 7 heteroatoms. The van der Waals surface area contributed by atoms with E-state index in [1.807, 2.05) is 11.0 Å². The second kappa shape index (κ2) is 10.6. The Labute approximate surface area is 202 Å². The van der Waals surface area contributed by atoms with Crippen molar-refractivity contribution in [1.82, 2.24) is 9.80 Å². The Hall–Kier alpha value is -3.58. The summed E-state index contributed by atoms with van der Waals surface area (Å²) in [6, 6.07) is 16.9. The van der Waals surface area contributed by atoms with Crippen LogP contribution >= 0.6 is 0 Å². The molecule has 34 heavy (non-hydrogen) atoms. The molecule has 3 aromatic rings. The molecule has 0 radical (unpaired) electrons. The van der Waals surface area contributed by atoms with Crippen molar-refractivity contribution in [3.63, 3.8) is 0 Å². The Kier molecular flexibility index (Phi) is 6.52. The molecule has 2 aromatic carbocycles. The highest BCUT2D eigenvalue weighted by atomic mass is 16.5. The van der Waals surface area contributed by atoms with E-state index in [4.69, 9.17) is 17.0 Å². The number of carbonyl (C=O) groups is 2. The second-order valence-corrected chi connectivity index (χ2v) is 8.57. The minimum absolute atomic E-state index is 0.256. The van der Waals surface area contributed by atoms with Gasteiger partial charge in [0.15, 0.2) is 0 Å². The number of ether oxygens (including phenoxy) is 1. The van der Waals surface area contributed by atoms with Gasteiger partial charge in [-0.3, -0.25) is 14.5 Å². The summed E-state index contributed by atoms with van der Waals surface area (Å²) in [5, 5.41) is 9.03. The number of hydrogen-bond acceptors (Lipinski definition) is 5. The number of hydrogen-bond donors (Lipinski definition) is 1. The Balaban J connectivity index is 1.50. The lowest BCUT2D eigenvalue weighted by atomic mass is 10.0. The number of likely N-dealkylation sites (tertiary alicyclic amines) is 1. The van der Waals surface area contributed by atoms with E-state index in [0.717, 1.165) is 5.56 Å². The zero-order valence-corrected chi connectivity index (χ0v) is 19.3. The van der Waals surface area contributed by atoms with Gasteiger partial charge in [0.25, 0.3) is 5.91 Å². The fourth-order valence-electron chi connectivity index (χ4n) is 3.78. The Morgan fingerprint density at radius 1 is 1.15 bits per heavy atom. The van der Waals surface area contributed by atoms with Crippen molar-refractivity contribution in [2.75, 3.05) is 26.2 Å². The van der Waals surface area contributed by atoms with Crippen molar-refractivity contribution in [1.29, 1.82) is 0 Å². The predicted octanol–water partition coefficient (Wildman–Crippen LogP) is 4.39. The maximum Gasteiger partial charge on any atom is 0.309 e. The van der Waals surface area contributed by atoms with Gasteiger partial charge in [-0.25, -0.2) is 0 Å². The topological polar surface area (TPSA) is 83.2 Å². The second-order valence-electron chi connectivity index (χ2n) is 8.57. The maximum absolute atomic E-state index is 13.5. The number of carboxylic acids is 1. The molecule has 1 aliphatic rings. The molecule has 1 saturated heterocycles. The number of para-hydroxylation sites is 1. The van der Waals surface area contributed by atoms with Crippen LogP contribution < -0.4 is 4.74 Å². The molecule has 1 aliphatic heterocycles. The summed E-state index contributed by atoms with van der Waals surface area (Å²) in [5.41, 5.74) is 1.45. The van der Waals surface area contributed by atoms with Crippen LogP contribution in [0.2, 0.25) is 0 Å². The van der Waals surface area contributed by atoms with Gasteiger partial charge in [0.2, 0.25) is 0 Å². The average Bonchev–Trinajstić information content (AvgIpc) is 3.35. The van der Waals surface area contributed by atoms with Crippen molar-refractivity contribution >= 4 is 11.9 Å². The molecule has 1 amide bonds. The normalized spacial score (nSPS) is 15.4. The van der Waals surface area contributed by atoms with E-state index in [2.05, 4.69) is 0 Å². The standard InChI is InChI=1S/C27H30N2O5/c1-19(2)29(26(30)21-11-9-20(10-12-21)24-8-5-14-33-24)18-22-6-3-4-7-25(22)34-15-13-28-16-23(17-28)27(31)32/h3-12,14,19,23H,13,15-18H2,1-2H3,(H,31,32)/i18D2. The van der Waals surface area contributed by atoms with E-state index in [1.54, 1.807) is 74.7 Å². The first-order valence-electron chi connectivity index (χ1n) is 12.3. The van der Waals surface area contributed by atoms with Crippen LogP contribution in [-0.4, -0.2) is 59.1 Å². The van der Waals surface area contributed by atoms with Crippen LogP contribution in [0.25, 0.3) is 11.3 Å². The van der Waals surface area contributed by atoms with Crippen molar-refractivity contribution in [2.24, 2.45) is 5.92 Å². The predicted molar refractivity (Wildman–Crippen MR) is 129 cm³/mol. The lowest BCUT2D eigenvalue weighted by Crippen LogP contribution is -2.51. The smallest absolute Gasteiger partial charge is 0.309 e. The molecule has 1 aromatic heterocycles. The fourth-order valence-corrected chi connectivity index (χ4v) is 3.78. The van der Waals surface area contributed by atoms with Crippen LogP contribution in [0.3, 0.4) is 0 Å². The number of amides is 1. The molecular weight excluding hydrogens is 432 g/mol. The van der Waals surface area contributed by atoms with Crippen molar-refractivity contribution in [3.8, 4) is 17.1 Å². The van der Waals surface area contributed by atoms with Gasteiger partial charge in [0, 0.05) is 48.9 Å². The first kappa shape index (κ1) is 21.0. The van der Waals surface area contributed by atoms with E-state index < -0.39 is 24.4 Å². The molecule has 1 N–H and O–H groups in total. The highest BCUT2D eigenvalue weighted by molar-refractivity contribution is 5.94. The lowest BCUT2D eigenvalue weighted by molar-refractivity contribution is -0.147. The highest BCUT2D eigenvalue weighted by Crippen LogP contribution is 2.24. The third-order valence-corrected chi connectivity index (χ3v) is 5.77. The van der Waals surface area contributed by atoms with Crippen molar-refractivity contribution in [2.45, 2.75) is 26.4 Å². The summed E-state index contributed by atoms with van der Waals surface area (Å²) in [6.07, 6.45) is 1.58. The van der Waals surface area contributed by atoms with E-state index in [-0.39, 0.29) is 18.1 Å². The fraction of sp³-hybridized carbons (Fsp3) is 0.333. The summed E-state index contributed by atoms with van der Waals surface area (Å²) < 4.78 is 29.3. The zero-order chi connectivity index (χ0) is 25.9. The number of nitrogens with zero attached hydrogens (tertiary/aromatic N) is 2. The van der Waals surface area contributed by atoms with Gasteiger partial charge in [-0.1, -0.05) is 30.3 Å². The van der Waals surface area contributed by atoms with Gasteiger partial charge < -0.3 is 19.2 Å². The first-order valence-corrected chi connectivity index (χ1v) is 11.3. The molecule has 2 heterocycles. The molecule has 178 valence electrons. The zero-order valence-electron chi connectivity index (χ0n) is 21.3. The summed E-state index contributed by atoms with van der Waals surface area (Å²) in [4.78, 5) is 27.7. The van der Waals surface area contributed by atoms with Crippen LogP contribution in [0, 0.1) is 5.92 Å². The molecule has 1 fully saturated rings. The van der Waals surface area contributed by atoms with E-state index in [9.17, 15) is 9.59 Å². The summed E-state index contributed by atoms with van der Waals surface area (Å²) in [5.74, 6) is -0.529. The third kappa shape index (κ3) is 5.48. The quantitative estimate of drug-likeness (QED) is 0.479. The van der Waals surface area contributed by atoms with Gasteiger partial charge in [-0.05, 0) is 44.2 Å². The number of rotatable bonds is 10. The molecule has 7 nitrogen and oxygen atoms in total. The summed E-state index contributed by atoms with van der Waals surface area (Å²) in [7, 11) is 0. The minimum atomic E-state index is -2.15. The SMILES string of the molecule is [2H]C([2H])(c1ccccc1OCCN1CC(C(=O)O)C1)N(C(=O)c1ccc(-c2ccco2)cc1)C(C)C. The van der Waals surface area contributed by atoms with E-state index in [1.165, 1.54) is 4.90 Å². The molecule has 0 atom stereocenters. The van der Waals surface area contributed by atoms with Crippen LogP contribution in [0.5, 0.6) is 5.75 Å². The molecule has 0 aliphatic carbocycles. The van der Waals surface area contributed by atoms with Crippen molar-refractivity contribution < 1.29 is 26.6 Å². The lowest BCUT2D eigenvalue weighted by Gasteiger charge is -2.36. The molecule has 0 unspecified atom stereocenters. The van der Waals surface area contributed by atoms with Gasteiger partial charge >= 0.3 is 5.97 Å². The van der Waals surface area contributed by atoms with E-state index >= 15 is 0 Å². The minimum Gasteiger partial charge on any atom is -0.492 e. The Bertz CT molecular complexity index is 1190. The summed E-state index contributed by atoms with van der Waals surface area (Å²) in [6.45, 7) is 3.19. The van der Waals surface area contributed by atoms with Gasteiger partial charge in [-0.2, -0.15) is 0 Å². The van der Waals surface area contributed by atoms with Gasteiger partial charge in [0.1, 0.15) is 18.1 Å². The molecular formula is C27H30N2O5. The van der Waals surface area contributed by atoms with Crippen molar-refractivity contribution in [3.05, 3.63) is 78.1 Å². The van der Waals surface area contributed by atoms with Crippen LogP contribution in [0.1, 0.15) is 32.5 Å². The number of carboxylic acid groups (broad SMARTS) is 1. The maximum atomic E-state index is 13.5. The number of furan rings is 1. The molecule has 0 spiro atoms. The molecule has 0 bridgehead atoms. The average molecular weight is 465 g/mol. The highest BCUT2D eigenvalue weighted by Gasteiger charge is 2.32.